The fraction of sp³-hybridized carbons (Fsp3) is 1.00. The van der Waals surface area contributed by atoms with Crippen LogP contribution in [-0.2, 0) is 0 Å². The highest BCUT2D eigenvalue weighted by atomic mass is 15.1. The third-order valence-electron chi connectivity index (χ3n) is 2.17. The molecule has 1 fully saturated rings. The maximum atomic E-state index is 3.55. The van der Waals surface area contributed by atoms with E-state index < -0.39 is 0 Å². The zero-order valence-corrected chi connectivity index (χ0v) is 9.04. The van der Waals surface area contributed by atoms with Gasteiger partial charge in [0.1, 0.15) is 0 Å². The van der Waals surface area contributed by atoms with Crippen LogP contribution in [0.1, 0.15) is 40.5 Å². The lowest BCUT2D eigenvalue weighted by Gasteiger charge is -2.23. The van der Waals surface area contributed by atoms with Crippen molar-refractivity contribution in [2.24, 2.45) is 0 Å². The summed E-state index contributed by atoms with van der Waals surface area (Å²) in [7, 11) is 0. The first-order valence-electron chi connectivity index (χ1n) is 5.22. The summed E-state index contributed by atoms with van der Waals surface area (Å²) in [5.74, 6) is 0. The van der Waals surface area contributed by atoms with E-state index in [0.29, 0.717) is 5.54 Å². The van der Waals surface area contributed by atoms with E-state index in [-0.39, 0.29) is 0 Å². The van der Waals surface area contributed by atoms with Gasteiger partial charge in [-0.1, -0.05) is 20.8 Å². The van der Waals surface area contributed by atoms with Gasteiger partial charge in [0, 0.05) is 12.1 Å². The van der Waals surface area contributed by atoms with Crippen molar-refractivity contribution in [1.82, 2.24) is 10.6 Å². The van der Waals surface area contributed by atoms with Crippen molar-refractivity contribution in [3.8, 4) is 0 Å². The SMILES string of the molecule is CC.CCCNC1(C)CCNC1. The molecule has 0 aromatic rings. The molecular formula is C10H24N2. The van der Waals surface area contributed by atoms with Gasteiger partial charge < -0.3 is 10.6 Å². The van der Waals surface area contributed by atoms with E-state index in [1.54, 1.807) is 0 Å². The fourth-order valence-corrected chi connectivity index (χ4v) is 1.39. The number of rotatable bonds is 3. The maximum Gasteiger partial charge on any atom is 0.0289 e. The van der Waals surface area contributed by atoms with Crippen LogP contribution in [0, 0.1) is 0 Å². The Morgan fingerprint density at radius 1 is 1.42 bits per heavy atom. The van der Waals surface area contributed by atoms with Crippen molar-refractivity contribution < 1.29 is 0 Å². The van der Waals surface area contributed by atoms with Gasteiger partial charge in [0.15, 0.2) is 0 Å². The van der Waals surface area contributed by atoms with Gasteiger partial charge in [-0.05, 0) is 32.9 Å². The summed E-state index contributed by atoms with van der Waals surface area (Å²) in [5, 5.41) is 6.90. The maximum absolute atomic E-state index is 3.55. The van der Waals surface area contributed by atoms with E-state index in [1.807, 2.05) is 13.8 Å². The van der Waals surface area contributed by atoms with Gasteiger partial charge in [0.05, 0.1) is 0 Å². The summed E-state index contributed by atoms with van der Waals surface area (Å²) < 4.78 is 0. The van der Waals surface area contributed by atoms with E-state index in [4.69, 9.17) is 0 Å². The average molecular weight is 172 g/mol. The van der Waals surface area contributed by atoms with Gasteiger partial charge in [-0.15, -0.1) is 0 Å². The van der Waals surface area contributed by atoms with Crippen molar-refractivity contribution in [3.63, 3.8) is 0 Å². The Hall–Kier alpha value is -0.0800. The quantitative estimate of drug-likeness (QED) is 0.678. The molecular weight excluding hydrogens is 148 g/mol. The van der Waals surface area contributed by atoms with Crippen LogP contribution in [0.3, 0.4) is 0 Å². The first kappa shape index (κ1) is 11.9. The standard InChI is InChI=1S/C8H18N2.C2H6/c1-3-5-10-8(2)4-6-9-7-8;1-2/h9-10H,3-7H2,1-2H3;1-2H3. The predicted molar refractivity (Wildman–Crippen MR) is 55.5 cm³/mol. The molecule has 1 unspecified atom stereocenters. The minimum absolute atomic E-state index is 0.385. The molecule has 0 aromatic heterocycles. The highest BCUT2D eigenvalue weighted by Crippen LogP contribution is 2.12. The van der Waals surface area contributed by atoms with E-state index in [1.165, 1.54) is 19.4 Å². The second kappa shape index (κ2) is 6.44. The lowest BCUT2D eigenvalue weighted by molar-refractivity contribution is 0.389. The van der Waals surface area contributed by atoms with Gasteiger partial charge in [0.25, 0.3) is 0 Å². The van der Waals surface area contributed by atoms with Gasteiger partial charge in [0.2, 0.25) is 0 Å². The molecule has 1 aliphatic heterocycles. The summed E-state index contributed by atoms with van der Waals surface area (Å²) >= 11 is 0. The molecule has 2 heteroatoms. The zero-order chi connectivity index (χ0) is 9.45. The number of hydrogen-bond donors (Lipinski definition) is 2. The van der Waals surface area contributed by atoms with Crippen molar-refractivity contribution in [3.05, 3.63) is 0 Å². The summed E-state index contributed by atoms with van der Waals surface area (Å²) in [5.41, 5.74) is 0.385. The van der Waals surface area contributed by atoms with Gasteiger partial charge >= 0.3 is 0 Å². The molecule has 1 saturated heterocycles. The van der Waals surface area contributed by atoms with Crippen LogP contribution in [0.15, 0.2) is 0 Å². The highest BCUT2D eigenvalue weighted by molar-refractivity contribution is 4.90. The van der Waals surface area contributed by atoms with Gasteiger partial charge in [-0.2, -0.15) is 0 Å². The second-order valence-corrected chi connectivity index (χ2v) is 3.41. The van der Waals surface area contributed by atoms with Crippen molar-refractivity contribution >= 4 is 0 Å². The van der Waals surface area contributed by atoms with E-state index in [9.17, 15) is 0 Å². The molecule has 0 aliphatic carbocycles. The molecule has 0 bridgehead atoms. The Morgan fingerprint density at radius 2 is 2.08 bits per heavy atom. The Bertz CT molecular complexity index is 96.0. The molecule has 1 atom stereocenters. The second-order valence-electron chi connectivity index (χ2n) is 3.41. The molecule has 12 heavy (non-hydrogen) atoms. The van der Waals surface area contributed by atoms with Crippen LogP contribution in [0.25, 0.3) is 0 Å². The fourth-order valence-electron chi connectivity index (χ4n) is 1.39. The molecule has 1 heterocycles. The normalized spacial score (nSPS) is 28.0. The minimum Gasteiger partial charge on any atom is -0.315 e. The topological polar surface area (TPSA) is 24.1 Å². The molecule has 74 valence electrons. The van der Waals surface area contributed by atoms with Gasteiger partial charge in [-0.25, -0.2) is 0 Å². The van der Waals surface area contributed by atoms with E-state index in [0.717, 1.165) is 13.1 Å². The third kappa shape index (κ3) is 4.07. The van der Waals surface area contributed by atoms with Crippen LogP contribution in [0.4, 0.5) is 0 Å². The number of hydrogen-bond acceptors (Lipinski definition) is 2. The van der Waals surface area contributed by atoms with Crippen LogP contribution >= 0.6 is 0 Å². The Balaban J connectivity index is 0.000000561. The predicted octanol–water partition coefficient (Wildman–Crippen LogP) is 1.76. The number of nitrogens with one attached hydrogen (secondary N) is 2. The molecule has 2 N–H and O–H groups in total. The summed E-state index contributed by atoms with van der Waals surface area (Å²) in [6.07, 6.45) is 2.50. The monoisotopic (exact) mass is 172 g/mol. The van der Waals surface area contributed by atoms with Crippen molar-refractivity contribution in [2.45, 2.75) is 46.1 Å². The summed E-state index contributed by atoms with van der Waals surface area (Å²) in [6.45, 7) is 12.0. The summed E-state index contributed by atoms with van der Waals surface area (Å²) in [4.78, 5) is 0. The largest absolute Gasteiger partial charge is 0.315 e. The van der Waals surface area contributed by atoms with Gasteiger partial charge in [-0.3, -0.25) is 0 Å². The highest BCUT2D eigenvalue weighted by Gasteiger charge is 2.26. The van der Waals surface area contributed by atoms with Crippen LogP contribution in [-0.4, -0.2) is 25.2 Å². The molecule has 0 saturated carbocycles. The average Bonchev–Trinajstić information content (AvgIpc) is 2.53. The van der Waals surface area contributed by atoms with Crippen molar-refractivity contribution in [1.29, 1.82) is 0 Å². The Labute approximate surface area is 77.1 Å². The first-order valence-corrected chi connectivity index (χ1v) is 5.22. The van der Waals surface area contributed by atoms with Crippen LogP contribution in [0.2, 0.25) is 0 Å². The van der Waals surface area contributed by atoms with Crippen LogP contribution in [0.5, 0.6) is 0 Å². The first-order chi connectivity index (χ1) is 5.77. The lowest BCUT2D eigenvalue weighted by atomic mass is 10.0. The smallest absolute Gasteiger partial charge is 0.0289 e. The van der Waals surface area contributed by atoms with E-state index >= 15 is 0 Å². The third-order valence-corrected chi connectivity index (χ3v) is 2.17. The molecule has 0 amide bonds. The Morgan fingerprint density at radius 3 is 2.50 bits per heavy atom. The molecule has 1 rings (SSSR count). The van der Waals surface area contributed by atoms with E-state index in [2.05, 4.69) is 24.5 Å². The minimum atomic E-state index is 0.385. The lowest BCUT2D eigenvalue weighted by Crippen LogP contribution is -2.44. The summed E-state index contributed by atoms with van der Waals surface area (Å²) in [6, 6.07) is 0. The molecule has 0 aromatic carbocycles. The molecule has 2 nitrogen and oxygen atoms in total. The molecule has 1 aliphatic rings. The molecule has 0 spiro atoms. The Kier molecular flexibility index (Phi) is 6.39. The zero-order valence-electron chi connectivity index (χ0n) is 9.04. The van der Waals surface area contributed by atoms with Crippen molar-refractivity contribution in [2.75, 3.05) is 19.6 Å². The molecule has 0 radical (unpaired) electrons. The van der Waals surface area contributed by atoms with Crippen LogP contribution < -0.4 is 10.6 Å².